The highest BCUT2D eigenvalue weighted by Crippen LogP contribution is 2.36. The minimum absolute atomic E-state index is 0.184. The first-order valence-corrected chi connectivity index (χ1v) is 7.47. The van der Waals surface area contributed by atoms with Gasteiger partial charge in [0.2, 0.25) is 0 Å². The minimum atomic E-state index is 0.184. The van der Waals surface area contributed by atoms with Gasteiger partial charge in [-0.05, 0) is 26.7 Å². The summed E-state index contributed by atoms with van der Waals surface area (Å²) in [7, 11) is 0. The molecule has 3 nitrogen and oxygen atoms in total. The molecule has 17 heavy (non-hydrogen) atoms. The summed E-state index contributed by atoms with van der Waals surface area (Å²) in [5.74, 6) is 0. The fourth-order valence-corrected chi connectivity index (χ4v) is 3.18. The SMILES string of the molecule is CCn1nc(C)c(Cl)c1CC1(CBr)CCOC1. The van der Waals surface area contributed by atoms with Gasteiger partial charge in [0.15, 0.2) is 0 Å². The van der Waals surface area contributed by atoms with Crippen LogP contribution in [-0.4, -0.2) is 28.3 Å². The summed E-state index contributed by atoms with van der Waals surface area (Å²) in [4.78, 5) is 0. The Morgan fingerprint density at radius 2 is 2.35 bits per heavy atom. The molecule has 1 atom stereocenters. The van der Waals surface area contributed by atoms with Crippen molar-refractivity contribution in [3.05, 3.63) is 16.4 Å². The van der Waals surface area contributed by atoms with Crippen molar-refractivity contribution in [2.75, 3.05) is 18.5 Å². The number of halogens is 2. The average Bonchev–Trinajstić information content (AvgIpc) is 2.90. The van der Waals surface area contributed by atoms with Crippen molar-refractivity contribution >= 4 is 27.5 Å². The first kappa shape index (κ1) is 13.4. The van der Waals surface area contributed by atoms with Gasteiger partial charge in [0.1, 0.15) is 0 Å². The Morgan fingerprint density at radius 3 is 2.88 bits per heavy atom. The van der Waals surface area contributed by atoms with Crippen molar-refractivity contribution in [3.8, 4) is 0 Å². The Kier molecular flexibility index (Phi) is 4.16. The highest BCUT2D eigenvalue weighted by molar-refractivity contribution is 9.09. The second kappa shape index (κ2) is 5.29. The van der Waals surface area contributed by atoms with Gasteiger partial charge >= 0.3 is 0 Å². The summed E-state index contributed by atoms with van der Waals surface area (Å²) in [6, 6.07) is 0. The van der Waals surface area contributed by atoms with Crippen molar-refractivity contribution in [3.63, 3.8) is 0 Å². The highest BCUT2D eigenvalue weighted by Gasteiger charge is 2.36. The average molecular weight is 322 g/mol. The summed E-state index contributed by atoms with van der Waals surface area (Å²) >= 11 is 9.97. The van der Waals surface area contributed by atoms with Gasteiger partial charge in [-0.3, -0.25) is 4.68 Å². The normalized spacial score (nSPS) is 24.5. The van der Waals surface area contributed by atoms with Crippen LogP contribution in [-0.2, 0) is 17.7 Å². The molecule has 2 heterocycles. The van der Waals surface area contributed by atoms with Gasteiger partial charge in [0.05, 0.1) is 23.0 Å². The van der Waals surface area contributed by atoms with E-state index in [-0.39, 0.29) is 5.41 Å². The van der Waals surface area contributed by atoms with Crippen molar-refractivity contribution in [2.24, 2.45) is 5.41 Å². The van der Waals surface area contributed by atoms with E-state index >= 15 is 0 Å². The zero-order valence-electron chi connectivity index (χ0n) is 10.3. The fraction of sp³-hybridized carbons (Fsp3) is 0.750. The van der Waals surface area contributed by atoms with Crippen LogP contribution < -0.4 is 0 Å². The van der Waals surface area contributed by atoms with Crippen LogP contribution in [0.1, 0.15) is 24.7 Å². The third-order valence-corrected chi connectivity index (χ3v) is 5.14. The molecule has 2 rings (SSSR count). The maximum absolute atomic E-state index is 6.35. The van der Waals surface area contributed by atoms with E-state index in [1.807, 2.05) is 11.6 Å². The minimum Gasteiger partial charge on any atom is -0.381 e. The molecule has 1 unspecified atom stereocenters. The molecule has 0 amide bonds. The van der Waals surface area contributed by atoms with E-state index in [1.54, 1.807) is 0 Å². The monoisotopic (exact) mass is 320 g/mol. The van der Waals surface area contributed by atoms with Gasteiger partial charge in [-0.25, -0.2) is 0 Å². The van der Waals surface area contributed by atoms with Crippen LogP contribution in [0, 0.1) is 12.3 Å². The molecule has 1 aromatic rings. The third kappa shape index (κ3) is 2.54. The Morgan fingerprint density at radius 1 is 1.59 bits per heavy atom. The van der Waals surface area contributed by atoms with Gasteiger partial charge in [-0.15, -0.1) is 0 Å². The number of hydrogen-bond acceptors (Lipinski definition) is 2. The maximum Gasteiger partial charge on any atom is 0.0847 e. The van der Waals surface area contributed by atoms with Gasteiger partial charge in [-0.2, -0.15) is 5.10 Å². The van der Waals surface area contributed by atoms with Gasteiger partial charge in [0, 0.05) is 23.9 Å². The van der Waals surface area contributed by atoms with Gasteiger partial charge < -0.3 is 4.74 Å². The van der Waals surface area contributed by atoms with Crippen LogP contribution in [0.15, 0.2) is 0 Å². The van der Waals surface area contributed by atoms with Crippen LogP contribution in [0.25, 0.3) is 0 Å². The van der Waals surface area contributed by atoms with E-state index in [1.165, 1.54) is 0 Å². The van der Waals surface area contributed by atoms with Crippen LogP contribution >= 0.6 is 27.5 Å². The maximum atomic E-state index is 6.35. The van der Waals surface area contributed by atoms with Crippen molar-refractivity contribution < 1.29 is 4.74 Å². The first-order chi connectivity index (χ1) is 8.12. The van der Waals surface area contributed by atoms with Crippen LogP contribution in [0.2, 0.25) is 5.02 Å². The summed E-state index contributed by atoms with van der Waals surface area (Å²) in [6.45, 7) is 6.58. The van der Waals surface area contributed by atoms with Crippen molar-refractivity contribution in [1.82, 2.24) is 9.78 Å². The summed E-state index contributed by atoms with van der Waals surface area (Å²) in [6.07, 6.45) is 2.02. The third-order valence-electron chi connectivity index (χ3n) is 3.46. The Balaban J connectivity index is 2.28. The highest BCUT2D eigenvalue weighted by atomic mass is 79.9. The van der Waals surface area contributed by atoms with Gasteiger partial charge in [0.25, 0.3) is 0 Å². The van der Waals surface area contributed by atoms with Gasteiger partial charge in [-0.1, -0.05) is 27.5 Å². The smallest absolute Gasteiger partial charge is 0.0847 e. The molecular formula is C12H18BrClN2O. The predicted molar refractivity (Wildman–Crippen MR) is 73.0 cm³/mol. The molecule has 1 fully saturated rings. The molecule has 1 aliphatic rings. The lowest BCUT2D eigenvalue weighted by Crippen LogP contribution is -2.27. The molecule has 0 saturated carbocycles. The fourth-order valence-electron chi connectivity index (χ4n) is 2.33. The first-order valence-electron chi connectivity index (χ1n) is 5.97. The molecule has 0 N–H and O–H groups in total. The van der Waals surface area contributed by atoms with Crippen molar-refractivity contribution in [2.45, 2.75) is 33.2 Å². The Bertz CT molecular complexity index is 399. The number of ether oxygens (including phenoxy) is 1. The summed E-state index contributed by atoms with van der Waals surface area (Å²) < 4.78 is 7.56. The number of nitrogens with zero attached hydrogens (tertiary/aromatic N) is 2. The second-order valence-corrected chi connectivity index (χ2v) is 5.71. The number of alkyl halides is 1. The van der Waals surface area contributed by atoms with Crippen LogP contribution in [0.3, 0.4) is 0 Å². The largest absolute Gasteiger partial charge is 0.381 e. The Hall–Kier alpha value is -0.0600. The van der Waals surface area contributed by atoms with Crippen LogP contribution in [0.4, 0.5) is 0 Å². The van der Waals surface area contributed by atoms with E-state index in [4.69, 9.17) is 16.3 Å². The molecule has 0 spiro atoms. The number of hydrogen-bond donors (Lipinski definition) is 0. The number of aromatic nitrogens is 2. The molecule has 1 saturated heterocycles. The van der Waals surface area contributed by atoms with Crippen molar-refractivity contribution in [1.29, 1.82) is 0 Å². The lowest BCUT2D eigenvalue weighted by Gasteiger charge is -2.25. The molecule has 0 radical (unpaired) electrons. The molecule has 1 aromatic heterocycles. The lowest BCUT2D eigenvalue weighted by atomic mass is 9.84. The molecule has 0 aliphatic carbocycles. The molecule has 5 heteroatoms. The lowest BCUT2D eigenvalue weighted by molar-refractivity contribution is 0.161. The predicted octanol–water partition coefficient (Wildman–Crippen LogP) is 3.21. The molecule has 0 aromatic carbocycles. The zero-order valence-corrected chi connectivity index (χ0v) is 12.6. The molecule has 0 bridgehead atoms. The Labute approximate surface area is 116 Å². The van der Waals surface area contributed by atoms with E-state index < -0.39 is 0 Å². The molecule has 96 valence electrons. The summed E-state index contributed by atoms with van der Waals surface area (Å²) in [5, 5.41) is 6.23. The topological polar surface area (TPSA) is 27.1 Å². The molecule has 1 aliphatic heterocycles. The standard InChI is InChI=1S/C12H18BrClN2O/c1-3-16-10(11(14)9(2)15-16)6-12(7-13)4-5-17-8-12/h3-8H2,1-2H3. The van der Waals surface area contributed by atoms with E-state index in [9.17, 15) is 0 Å². The number of rotatable bonds is 4. The summed E-state index contributed by atoms with van der Waals surface area (Å²) in [5.41, 5.74) is 2.26. The van der Waals surface area contributed by atoms with Crippen LogP contribution in [0.5, 0.6) is 0 Å². The van der Waals surface area contributed by atoms with E-state index in [0.29, 0.717) is 0 Å². The molecular weight excluding hydrogens is 304 g/mol. The van der Waals surface area contributed by atoms with E-state index in [0.717, 1.165) is 54.3 Å². The quantitative estimate of drug-likeness (QED) is 0.796. The van der Waals surface area contributed by atoms with E-state index in [2.05, 4.69) is 28.0 Å². The number of aryl methyl sites for hydroxylation is 2. The zero-order chi connectivity index (χ0) is 12.5. The second-order valence-electron chi connectivity index (χ2n) is 4.77.